The molecule has 0 radical (unpaired) electrons. The fourth-order valence-corrected chi connectivity index (χ4v) is 2.71. The smallest absolute Gasteiger partial charge is 0.255 e. The lowest BCUT2D eigenvalue weighted by atomic mass is 10.0. The minimum Gasteiger partial charge on any atom is -0.321 e. The van der Waals surface area contributed by atoms with E-state index in [1.165, 1.54) is 6.33 Å². The predicted molar refractivity (Wildman–Crippen MR) is 92.4 cm³/mol. The summed E-state index contributed by atoms with van der Waals surface area (Å²) < 4.78 is 1.58. The third kappa shape index (κ3) is 3.03. The van der Waals surface area contributed by atoms with Crippen LogP contribution < -0.4 is 5.32 Å². The van der Waals surface area contributed by atoms with E-state index in [0.717, 1.165) is 34.5 Å². The van der Waals surface area contributed by atoms with Crippen molar-refractivity contribution in [3.8, 4) is 5.69 Å². The summed E-state index contributed by atoms with van der Waals surface area (Å²) in [4.78, 5) is 12.6. The number of rotatable bonds is 4. The molecule has 0 aliphatic carbocycles. The van der Waals surface area contributed by atoms with Crippen molar-refractivity contribution in [2.45, 2.75) is 27.2 Å². The van der Waals surface area contributed by atoms with E-state index in [1.54, 1.807) is 10.7 Å². The number of aromatic nitrogens is 4. The Bertz CT molecular complexity index is 871. The number of anilines is 1. The summed E-state index contributed by atoms with van der Waals surface area (Å²) in [6.45, 7) is 6.01. The van der Waals surface area contributed by atoms with Crippen LogP contribution in [-0.2, 0) is 6.42 Å². The molecule has 0 fully saturated rings. The molecule has 122 valence electrons. The van der Waals surface area contributed by atoms with Gasteiger partial charge in [-0.25, -0.2) is 4.68 Å². The summed E-state index contributed by atoms with van der Waals surface area (Å²) in [5.41, 5.74) is 5.47. The van der Waals surface area contributed by atoms with Crippen molar-refractivity contribution in [1.82, 2.24) is 20.2 Å². The van der Waals surface area contributed by atoms with Gasteiger partial charge in [-0.05, 0) is 65.6 Å². The molecule has 0 atom stereocenters. The number of tetrazole rings is 1. The van der Waals surface area contributed by atoms with Crippen molar-refractivity contribution in [1.29, 1.82) is 0 Å². The van der Waals surface area contributed by atoms with Gasteiger partial charge in [0.2, 0.25) is 0 Å². The summed E-state index contributed by atoms with van der Waals surface area (Å²) in [6.07, 6.45) is 2.40. The monoisotopic (exact) mass is 321 g/mol. The fourth-order valence-electron chi connectivity index (χ4n) is 2.71. The average Bonchev–Trinajstić information content (AvgIpc) is 3.10. The molecule has 0 aliphatic heterocycles. The number of aryl methyl sites for hydroxylation is 3. The summed E-state index contributed by atoms with van der Waals surface area (Å²) in [6, 6.07) is 11.5. The Labute approximate surface area is 140 Å². The van der Waals surface area contributed by atoms with Gasteiger partial charge in [-0.15, -0.1) is 5.10 Å². The largest absolute Gasteiger partial charge is 0.321 e. The van der Waals surface area contributed by atoms with Gasteiger partial charge in [0.15, 0.2) is 0 Å². The first-order valence-electron chi connectivity index (χ1n) is 7.84. The molecule has 6 nitrogen and oxygen atoms in total. The van der Waals surface area contributed by atoms with Crippen LogP contribution in [0.25, 0.3) is 5.69 Å². The van der Waals surface area contributed by atoms with Crippen molar-refractivity contribution < 1.29 is 4.79 Å². The molecule has 0 unspecified atom stereocenters. The number of nitrogens with one attached hydrogen (secondary N) is 1. The van der Waals surface area contributed by atoms with E-state index in [1.807, 2.05) is 44.2 Å². The SMILES string of the molecule is CCc1cccc(C)c1NC(=O)c1ccc(-n2cnnn2)c(C)c1. The number of para-hydroxylation sites is 1. The van der Waals surface area contributed by atoms with Crippen molar-refractivity contribution in [3.05, 3.63) is 65.0 Å². The van der Waals surface area contributed by atoms with Gasteiger partial charge >= 0.3 is 0 Å². The molecular weight excluding hydrogens is 302 g/mol. The number of hydrogen-bond donors (Lipinski definition) is 1. The number of nitrogens with zero attached hydrogens (tertiary/aromatic N) is 4. The number of hydrogen-bond acceptors (Lipinski definition) is 4. The second-order valence-electron chi connectivity index (χ2n) is 5.67. The molecule has 1 amide bonds. The maximum atomic E-state index is 12.6. The summed E-state index contributed by atoms with van der Waals surface area (Å²) in [5.74, 6) is -0.120. The normalized spacial score (nSPS) is 10.6. The molecule has 2 aromatic carbocycles. The van der Waals surface area contributed by atoms with E-state index in [4.69, 9.17) is 0 Å². The third-order valence-electron chi connectivity index (χ3n) is 4.03. The molecule has 0 aliphatic rings. The topological polar surface area (TPSA) is 72.7 Å². The van der Waals surface area contributed by atoms with E-state index in [0.29, 0.717) is 5.56 Å². The Balaban J connectivity index is 1.88. The van der Waals surface area contributed by atoms with Crippen molar-refractivity contribution in [3.63, 3.8) is 0 Å². The molecule has 0 bridgehead atoms. The van der Waals surface area contributed by atoms with E-state index in [-0.39, 0.29) is 5.91 Å². The van der Waals surface area contributed by atoms with Crippen LogP contribution in [-0.4, -0.2) is 26.1 Å². The zero-order valence-corrected chi connectivity index (χ0v) is 13.9. The number of benzene rings is 2. The van der Waals surface area contributed by atoms with Gasteiger partial charge in [0.05, 0.1) is 5.69 Å². The van der Waals surface area contributed by atoms with Gasteiger partial charge in [0, 0.05) is 11.3 Å². The molecule has 6 heteroatoms. The Hall–Kier alpha value is -3.02. The zero-order chi connectivity index (χ0) is 17.1. The molecule has 1 aromatic heterocycles. The maximum absolute atomic E-state index is 12.6. The highest BCUT2D eigenvalue weighted by atomic mass is 16.1. The van der Waals surface area contributed by atoms with Crippen LogP contribution >= 0.6 is 0 Å². The second-order valence-corrected chi connectivity index (χ2v) is 5.67. The fraction of sp³-hybridized carbons (Fsp3) is 0.222. The Kier molecular flexibility index (Phi) is 4.37. The predicted octanol–water partition coefficient (Wildman–Crippen LogP) is 3.09. The summed E-state index contributed by atoms with van der Waals surface area (Å²) in [5, 5.41) is 14.2. The van der Waals surface area contributed by atoms with Crippen LogP contribution in [0.15, 0.2) is 42.7 Å². The first-order valence-corrected chi connectivity index (χ1v) is 7.84. The highest BCUT2D eigenvalue weighted by molar-refractivity contribution is 6.05. The van der Waals surface area contributed by atoms with Crippen LogP contribution in [0.4, 0.5) is 5.69 Å². The Morgan fingerprint density at radius 2 is 2.00 bits per heavy atom. The molecule has 3 rings (SSSR count). The van der Waals surface area contributed by atoms with Crippen molar-refractivity contribution in [2.75, 3.05) is 5.32 Å². The quantitative estimate of drug-likeness (QED) is 0.801. The number of amides is 1. The highest BCUT2D eigenvalue weighted by Crippen LogP contribution is 2.22. The first kappa shape index (κ1) is 15.9. The molecule has 3 aromatic rings. The minimum absolute atomic E-state index is 0.120. The van der Waals surface area contributed by atoms with Gasteiger partial charge in [0.25, 0.3) is 5.91 Å². The second kappa shape index (κ2) is 6.62. The average molecular weight is 321 g/mol. The third-order valence-corrected chi connectivity index (χ3v) is 4.03. The van der Waals surface area contributed by atoms with Gasteiger partial charge in [0.1, 0.15) is 6.33 Å². The summed E-state index contributed by atoms with van der Waals surface area (Å²) >= 11 is 0. The summed E-state index contributed by atoms with van der Waals surface area (Å²) in [7, 11) is 0. The van der Waals surface area contributed by atoms with Crippen molar-refractivity contribution in [2.24, 2.45) is 0 Å². The lowest BCUT2D eigenvalue weighted by Crippen LogP contribution is -2.15. The zero-order valence-electron chi connectivity index (χ0n) is 13.9. The Morgan fingerprint density at radius 1 is 1.17 bits per heavy atom. The maximum Gasteiger partial charge on any atom is 0.255 e. The van der Waals surface area contributed by atoms with Crippen LogP contribution in [0.3, 0.4) is 0 Å². The van der Waals surface area contributed by atoms with E-state index in [9.17, 15) is 4.79 Å². The van der Waals surface area contributed by atoms with E-state index < -0.39 is 0 Å². The molecular formula is C18H19N5O. The highest BCUT2D eigenvalue weighted by Gasteiger charge is 2.12. The molecule has 1 heterocycles. The first-order chi connectivity index (χ1) is 11.6. The van der Waals surface area contributed by atoms with Gasteiger partial charge < -0.3 is 5.32 Å². The van der Waals surface area contributed by atoms with Gasteiger partial charge in [-0.3, -0.25) is 4.79 Å². The van der Waals surface area contributed by atoms with Gasteiger partial charge in [-0.2, -0.15) is 0 Å². The minimum atomic E-state index is -0.120. The van der Waals surface area contributed by atoms with Crippen LogP contribution in [0.1, 0.15) is 34.0 Å². The molecule has 0 saturated heterocycles. The van der Waals surface area contributed by atoms with E-state index in [2.05, 4.69) is 27.8 Å². The lowest BCUT2D eigenvalue weighted by molar-refractivity contribution is 0.102. The van der Waals surface area contributed by atoms with Crippen molar-refractivity contribution >= 4 is 11.6 Å². The van der Waals surface area contributed by atoms with E-state index >= 15 is 0 Å². The molecule has 24 heavy (non-hydrogen) atoms. The van der Waals surface area contributed by atoms with Crippen LogP contribution in [0, 0.1) is 13.8 Å². The molecule has 1 N–H and O–H groups in total. The standard InChI is InChI=1S/C18H19N5O/c1-4-14-7-5-6-12(2)17(14)20-18(24)15-8-9-16(13(3)10-15)23-11-19-21-22-23/h5-11H,4H2,1-3H3,(H,20,24). The molecule has 0 spiro atoms. The lowest BCUT2D eigenvalue weighted by Gasteiger charge is -2.14. The van der Waals surface area contributed by atoms with Gasteiger partial charge in [-0.1, -0.05) is 25.1 Å². The Morgan fingerprint density at radius 3 is 2.67 bits per heavy atom. The van der Waals surface area contributed by atoms with Crippen LogP contribution in [0.5, 0.6) is 0 Å². The number of carbonyl (C=O) groups excluding carboxylic acids is 1. The van der Waals surface area contributed by atoms with Crippen LogP contribution in [0.2, 0.25) is 0 Å². The molecule has 0 saturated carbocycles. The number of carbonyl (C=O) groups is 1.